The van der Waals surface area contributed by atoms with Gasteiger partial charge in [0.05, 0.1) is 5.69 Å². The predicted molar refractivity (Wildman–Crippen MR) is 115 cm³/mol. The lowest BCUT2D eigenvalue weighted by Gasteiger charge is -2.06. The van der Waals surface area contributed by atoms with Crippen LogP contribution in [0.1, 0.15) is 5.56 Å². The highest BCUT2D eigenvalue weighted by Crippen LogP contribution is 2.22. The third-order valence-corrected chi connectivity index (χ3v) is 5.02. The van der Waals surface area contributed by atoms with Crippen molar-refractivity contribution in [2.75, 3.05) is 0 Å². The van der Waals surface area contributed by atoms with Crippen molar-refractivity contribution in [2.45, 2.75) is 6.54 Å². The minimum absolute atomic E-state index is 0.684. The Kier molecular flexibility index (Phi) is 6.52. The number of rotatable bonds is 6. The fourth-order valence-electron chi connectivity index (χ4n) is 2.41. The highest BCUT2D eigenvalue weighted by molar-refractivity contribution is 9.10. The predicted octanol–water partition coefficient (Wildman–Crippen LogP) is 5.77. The van der Waals surface area contributed by atoms with E-state index in [-0.39, 0.29) is 0 Å². The Bertz CT molecular complexity index is 980. The summed E-state index contributed by atoms with van der Waals surface area (Å²) in [5.41, 5.74) is 3.38. The fourth-order valence-corrected chi connectivity index (χ4v) is 3.55. The van der Waals surface area contributed by atoms with Crippen molar-refractivity contribution < 1.29 is 0 Å². The van der Waals surface area contributed by atoms with Gasteiger partial charge in [-0.05, 0) is 29.3 Å². The summed E-state index contributed by atoms with van der Waals surface area (Å²) in [4.78, 5) is 0.840. The first-order valence-corrected chi connectivity index (χ1v) is 9.79. The summed E-state index contributed by atoms with van der Waals surface area (Å²) in [5.74, 6) is 0. The molecule has 0 aliphatic rings. The maximum Gasteiger partial charge on any atom is 0.211 e. The molecule has 0 aliphatic heterocycles. The highest BCUT2D eigenvalue weighted by Gasteiger charge is 2.06. The fraction of sp³-hybridized carbons (Fsp3) is 0.0476. The summed E-state index contributed by atoms with van der Waals surface area (Å²) in [6.07, 6.45) is 7.45. The van der Waals surface area contributed by atoms with Crippen LogP contribution in [-0.2, 0) is 6.54 Å². The van der Waals surface area contributed by atoms with Gasteiger partial charge in [0.1, 0.15) is 0 Å². The topological polar surface area (TPSA) is 29.6 Å². The van der Waals surface area contributed by atoms with E-state index in [1.165, 1.54) is 0 Å². The molecule has 130 valence electrons. The number of nitrogens with zero attached hydrogens (tertiary/aromatic N) is 3. The number of aromatic nitrogens is 1. The van der Waals surface area contributed by atoms with Gasteiger partial charge in [-0.3, -0.25) is 0 Å². The Balaban J connectivity index is 1.84. The monoisotopic (exact) mass is 423 g/mol. The molecule has 1 aromatic heterocycles. The zero-order valence-electron chi connectivity index (χ0n) is 14.1. The van der Waals surface area contributed by atoms with E-state index >= 15 is 0 Å². The molecular formula is C21H18BrN3S. The van der Waals surface area contributed by atoms with Gasteiger partial charge in [-0.15, -0.1) is 23.0 Å². The van der Waals surface area contributed by atoms with Gasteiger partial charge in [0.2, 0.25) is 4.80 Å². The third-order valence-electron chi connectivity index (χ3n) is 3.63. The van der Waals surface area contributed by atoms with Gasteiger partial charge in [0.25, 0.3) is 0 Å². The maximum atomic E-state index is 4.36. The highest BCUT2D eigenvalue weighted by atomic mass is 79.9. The van der Waals surface area contributed by atoms with Crippen LogP contribution in [0.15, 0.2) is 93.4 Å². The van der Waals surface area contributed by atoms with Crippen LogP contribution in [0.5, 0.6) is 0 Å². The second-order valence-corrected chi connectivity index (χ2v) is 7.20. The second-order valence-electron chi connectivity index (χ2n) is 5.44. The van der Waals surface area contributed by atoms with Crippen LogP contribution >= 0.6 is 27.3 Å². The van der Waals surface area contributed by atoms with Crippen molar-refractivity contribution in [3.63, 3.8) is 0 Å². The first kappa shape index (κ1) is 18.3. The maximum absolute atomic E-state index is 4.36. The normalized spacial score (nSPS) is 12.3. The van der Waals surface area contributed by atoms with Crippen molar-refractivity contribution in [1.29, 1.82) is 0 Å². The first-order valence-electron chi connectivity index (χ1n) is 8.12. The van der Waals surface area contributed by atoms with E-state index in [0.717, 1.165) is 26.1 Å². The SMILES string of the molecule is C=CCn1c(-c2ccc(Br)cc2)cs/c1=N/N=C/C=C/c1ccccc1. The van der Waals surface area contributed by atoms with Gasteiger partial charge >= 0.3 is 0 Å². The van der Waals surface area contributed by atoms with E-state index in [1.807, 2.05) is 60.7 Å². The van der Waals surface area contributed by atoms with E-state index in [9.17, 15) is 0 Å². The van der Waals surface area contributed by atoms with Gasteiger partial charge in [-0.2, -0.15) is 5.10 Å². The van der Waals surface area contributed by atoms with Gasteiger partial charge in [0, 0.05) is 22.6 Å². The van der Waals surface area contributed by atoms with Crippen molar-refractivity contribution >= 4 is 39.6 Å². The molecule has 0 atom stereocenters. The molecule has 1 heterocycles. The molecule has 0 saturated carbocycles. The Morgan fingerprint density at radius 2 is 1.85 bits per heavy atom. The van der Waals surface area contributed by atoms with Crippen molar-refractivity contribution in [3.8, 4) is 11.3 Å². The molecule has 26 heavy (non-hydrogen) atoms. The average molecular weight is 424 g/mol. The molecule has 0 saturated heterocycles. The Hall–Kier alpha value is -2.50. The number of halogens is 1. The lowest BCUT2D eigenvalue weighted by molar-refractivity contribution is 0.789. The van der Waals surface area contributed by atoms with Crippen LogP contribution in [0.2, 0.25) is 0 Å². The van der Waals surface area contributed by atoms with Crippen molar-refractivity contribution in [3.05, 3.63) is 93.5 Å². The lowest BCUT2D eigenvalue weighted by atomic mass is 10.2. The smallest absolute Gasteiger partial charge is 0.211 e. The molecule has 0 unspecified atom stereocenters. The molecule has 3 nitrogen and oxygen atoms in total. The zero-order valence-corrected chi connectivity index (χ0v) is 16.5. The summed E-state index contributed by atoms with van der Waals surface area (Å²) < 4.78 is 3.17. The van der Waals surface area contributed by atoms with Gasteiger partial charge in [-0.25, -0.2) is 0 Å². The first-order chi connectivity index (χ1) is 12.8. The zero-order chi connectivity index (χ0) is 18.2. The Labute approximate surface area is 165 Å². The van der Waals surface area contributed by atoms with Crippen LogP contribution in [-0.4, -0.2) is 10.8 Å². The number of hydrogen-bond donors (Lipinski definition) is 0. The summed E-state index contributed by atoms with van der Waals surface area (Å²) in [6, 6.07) is 18.3. The summed E-state index contributed by atoms with van der Waals surface area (Å²) in [5, 5.41) is 10.6. The standard InChI is InChI=1S/C21H18BrN3S/c1-2-15-25-20(18-10-12-19(22)13-11-18)16-26-21(25)24-23-14-6-9-17-7-4-3-5-8-17/h2-14,16H,1,15H2/b9-6+,23-14+,24-21+. The molecular weight excluding hydrogens is 406 g/mol. The minimum Gasteiger partial charge on any atom is -0.311 e. The molecule has 0 radical (unpaired) electrons. The molecule has 3 aromatic rings. The average Bonchev–Trinajstić information content (AvgIpc) is 3.06. The largest absolute Gasteiger partial charge is 0.311 e. The lowest BCUT2D eigenvalue weighted by Crippen LogP contribution is -2.14. The van der Waals surface area contributed by atoms with Crippen LogP contribution in [0.25, 0.3) is 17.3 Å². The molecule has 0 spiro atoms. The Morgan fingerprint density at radius 3 is 2.58 bits per heavy atom. The number of thiazole rings is 1. The molecule has 0 fully saturated rings. The van der Waals surface area contributed by atoms with E-state index < -0.39 is 0 Å². The summed E-state index contributed by atoms with van der Waals surface area (Å²) in [6.45, 7) is 4.54. The van der Waals surface area contributed by atoms with Gasteiger partial charge < -0.3 is 4.57 Å². The van der Waals surface area contributed by atoms with E-state index in [2.05, 4.69) is 54.8 Å². The quantitative estimate of drug-likeness (QED) is 0.273. The number of benzene rings is 2. The van der Waals surface area contributed by atoms with E-state index in [4.69, 9.17) is 0 Å². The summed E-state index contributed by atoms with van der Waals surface area (Å²) >= 11 is 5.04. The van der Waals surface area contributed by atoms with Crippen LogP contribution in [0.4, 0.5) is 0 Å². The number of hydrogen-bond acceptors (Lipinski definition) is 3. The summed E-state index contributed by atoms with van der Waals surface area (Å²) in [7, 11) is 0. The van der Waals surface area contributed by atoms with Crippen LogP contribution in [0, 0.1) is 0 Å². The third kappa shape index (κ3) is 4.77. The molecule has 3 rings (SSSR count). The van der Waals surface area contributed by atoms with E-state index in [1.54, 1.807) is 17.6 Å². The molecule has 5 heteroatoms. The molecule has 2 aromatic carbocycles. The van der Waals surface area contributed by atoms with Crippen LogP contribution < -0.4 is 4.80 Å². The minimum atomic E-state index is 0.684. The molecule has 0 N–H and O–H groups in total. The number of allylic oxidation sites excluding steroid dienone is 2. The molecule has 0 amide bonds. The van der Waals surface area contributed by atoms with E-state index in [0.29, 0.717) is 6.54 Å². The Morgan fingerprint density at radius 1 is 1.08 bits per heavy atom. The van der Waals surface area contributed by atoms with Crippen molar-refractivity contribution in [1.82, 2.24) is 4.57 Å². The molecule has 0 aliphatic carbocycles. The second kappa shape index (κ2) is 9.27. The molecule has 0 bridgehead atoms. The van der Waals surface area contributed by atoms with Gasteiger partial charge in [0.15, 0.2) is 0 Å². The van der Waals surface area contributed by atoms with Gasteiger partial charge in [-0.1, -0.05) is 70.5 Å². The van der Waals surface area contributed by atoms with Crippen molar-refractivity contribution in [2.24, 2.45) is 10.2 Å². The van der Waals surface area contributed by atoms with Crippen LogP contribution in [0.3, 0.4) is 0 Å².